The second-order valence-electron chi connectivity index (χ2n) is 3.22. The minimum Gasteiger partial charge on any atom is -0.165 e. The molecule has 11 heavy (non-hydrogen) atoms. The van der Waals surface area contributed by atoms with Gasteiger partial charge in [0.05, 0.1) is 0 Å². The molecule has 0 aromatic rings. The highest BCUT2D eigenvalue weighted by Crippen LogP contribution is 2.06. The SMILES string of the molecule is CCCCCCCC(C)N[O]. The first-order chi connectivity index (χ1) is 5.31. The highest BCUT2D eigenvalue weighted by molar-refractivity contribution is 4.53. The van der Waals surface area contributed by atoms with E-state index in [4.69, 9.17) is 0 Å². The molecule has 2 nitrogen and oxygen atoms in total. The predicted molar refractivity (Wildman–Crippen MR) is 46.7 cm³/mol. The van der Waals surface area contributed by atoms with Crippen LogP contribution in [0.5, 0.6) is 0 Å². The lowest BCUT2D eigenvalue weighted by Crippen LogP contribution is -2.19. The Morgan fingerprint density at radius 3 is 2.36 bits per heavy atom. The van der Waals surface area contributed by atoms with E-state index in [9.17, 15) is 5.21 Å². The Balaban J connectivity index is 2.89. The molecule has 0 saturated carbocycles. The van der Waals surface area contributed by atoms with Crippen LogP contribution < -0.4 is 5.48 Å². The normalized spacial score (nSPS) is 13.4. The quantitative estimate of drug-likeness (QED) is 0.448. The van der Waals surface area contributed by atoms with Gasteiger partial charge in [-0.3, -0.25) is 0 Å². The van der Waals surface area contributed by atoms with Crippen LogP contribution in [0.15, 0.2) is 0 Å². The van der Waals surface area contributed by atoms with E-state index in [1.54, 1.807) is 0 Å². The molecule has 1 N–H and O–H groups in total. The molecule has 0 aromatic heterocycles. The zero-order valence-electron chi connectivity index (χ0n) is 7.73. The van der Waals surface area contributed by atoms with Crippen LogP contribution in [-0.2, 0) is 5.21 Å². The molecule has 0 aliphatic carbocycles. The molecule has 1 atom stereocenters. The fourth-order valence-electron chi connectivity index (χ4n) is 1.11. The van der Waals surface area contributed by atoms with Crippen LogP contribution in [0, 0.1) is 0 Å². The maximum Gasteiger partial charge on any atom is 0.0324 e. The molecule has 0 aromatic carbocycles. The van der Waals surface area contributed by atoms with Crippen LogP contribution in [-0.4, -0.2) is 6.04 Å². The highest BCUT2D eigenvalue weighted by Gasteiger charge is 1.98. The monoisotopic (exact) mass is 158 g/mol. The van der Waals surface area contributed by atoms with Gasteiger partial charge in [-0.15, -0.1) is 5.21 Å². The molecule has 0 rings (SSSR count). The molecule has 0 saturated heterocycles. The maximum absolute atomic E-state index is 10.1. The lowest BCUT2D eigenvalue weighted by Gasteiger charge is -2.05. The summed E-state index contributed by atoms with van der Waals surface area (Å²) in [4.78, 5) is 0. The minimum atomic E-state index is 0.150. The zero-order chi connectivity index (χ0) is 8.53. The molecule has 0 bridgehead atoms. The Labute approximate surface area is 70.0 Å². The van der Waals surface area contributed by atoms with Crippen molar-refractivity contribution in [2.75, 3.05) is 0 Å². The fourth-order valence-corrected chi connectivity index (χ4v) is 1.11. The predicted octanol–water partition coefficient (Wildman–Crippen LogP) is 2.67. The smallest absolute Gasteiger partial charge is 0.0324 e. The van der Waals surface area contributed by atoms with Gasteiger partial charge in [0.15, 0.2) is 0 Å². The van der Waals surface area contributed by atoms with Crippen molar-refractivity contribution in [1.29, 1.82) is 0 Å². The molecule has 2 heteroatoms. The molecule has 1 unspecified atom stereocenters. The molecule has 0 spiro atoms. The second kappa shape index (κ2) is 8.02. The Morgan fingerprint density at radius 1 is 1.18 bits per heavy atom. The summed E-state index contributed by atoms with van der Waals surface area (Å²) in [5.41, 5.74) is 2.01. The topological polar surface area (TPSA) is 31.9 Å². The fraction of sp³-hybridized carbons (Fsp3) is 1.00. The number of nitrogens with one attached hydrogen (secondary N) is 1. The molecule has 0 aliphatic heterocycles. The van der Waals surface area contributed by atoms with Crippen molar-refractivity contribution in [3.05, 3.63) is 0 Å². The van der Waals surface area contributed by atoms with Gasteiger partial charge in [-0.2, -0.15) is 5.48 Å². The van der Waals surface area contributed by atoms with E-state index < -0.39 is 0 Å². The number of hydroxylamine groups is 1. The van der Waals surface area contributed by atoms with Crippen molar-refractivity contribution in [1.82, 2.24) is 5.48 Å². The molecule has 0 aliphatic rings. The van der Waals surface area contributed by atoms with Crippen LogP contribution >= 0.6 is 0 Å². The first kappa shape index (κ1) is 10.9. The van der Waals surface area contributed by atoms with Crippen molar-refractivity contribution < 1.29 is 5.21 Å². The average Bonchev–Trinajstić information content (AvgIpc) is 2.04. The summed E-state index contributed by atoms with van der Waals surface area (Å²) in [6.45, 7) is 4.15. The summed E-state index contributed by atoms with van der Waals surface area (Å²) in [6.07, 6.45) is 7.43. The summed E-state index contributed by atoms with van der Waals surface area (Å²) in [5, 5.41) is 10.1. The third kappa shape index (κ3) is 7.82. The Morgan fingerprint density at radius 2 is 1.82 bits per heavy atom. The molecule has 0 fully saturated rings. The van der Waals surface area contributed by atoms with E-state index in [1.165, 1.54) is 32.1 Å². The van der Waals surface area contributed by atoms with E-state index in [2.05, 4.69) is 6.92 Å². The van der Waals surface area contributed by atoms with Gasteiger partial charge in [0.25, 0.3) is 0 Å². The summed E-state index contributed by atoms with van der Waals surface area (Å²) < 4.78 is 0. The molecule has 67 valence electrons. The van der Waals surface area contributed by atoms with E-state index in [-0.39, 0.29) is 6.04 Å². The number of unbranched alkanes of at least 4 members (excludes halogenated alkanes) is 4. The van der Waals surface area contributed by atoms with Gasteiger partial charge in [0.2, 0.25) is 0 Å². The third-order valence-corrected chi connectivity index (χ3v) is 1.94. The summed E-state index contributed by atoms with van der Waals surface area (Å²) in [7, 11) is 0. The van der Waals surface area contributed by atoms with Crippen LogP contribution in [0.25, 0.3) is 0 Å². The third-order valence-electron chi connectivity index (χ3n) is 1.94. The largest absolute Gasteiger partial charge is 0.165 e. The number of hydrogen-bond acceptors (Lipinski definition) is 1. The first-order valence-corrected chi connectivity index (χ1v) is 4.69. The molecule has 1 radical (unpaired) electrons. The van der Waals surface area contributed by atoms with Crippen LogP contribution in [0.3, 0.4) is 0 Å². The van der Waals surface area contributed by atoms with Crippen LogP contribution in [0.1, 0.15) is 52.4 Å². The van der Waals surface area contributed by atoms with Gasteiger partial charge in [0.1, 0.15) is 0 Å². The van der Waals surface area contributed by atoms with Gasteiger partial charge >= 0.3 is 0 Å². The van der Waals surface area contributed by atoms with Crippen molar-refractivity contribution in [3.8, 4) is 0 Å². The van der Waals surface area contributed by atoms with E-state index in [0.717, 1.165) is 6.42 Å². The van der Waals surface area contributed by atoms with Gasteiger partial charge in [-0.25, -0.2) is 0 Å². The molecular formula is C9H20NO. The molecule has 0 heterocycles. The molecular weight excluding hydrogens is 138 g/mol. The van der Waals surface area contributed by atoms with Gasteiger partial charge in [0, 0.05) is 6.04 Å². The number of hydrogen-bond donors (Lipinski definition) is 1. The van der Waals surface area contributed by atoms with Crippen molar-refractivity contribution in [3.63, 3.8) is 0 Å². The average molecular weight is 158 g/mol. The highest BCUT2D eigenvalue weighted by atomic mass is 16.5. The summed E-state index contributed by atoms with van der Waals surface area (Å²) in [5.74, 6) is 0. The standard InChI is InChI=1S/C9H20NO/c1-3-4-5-6-7-8-9(2)10-11/h9-10H,3-8H2,1-2H3. The summed E-state index contributed by atoms with van der Waals surface area (Å²) >= 11 is 0. The van der Waals surface area contributed by atoms with Crippen LogP contribution in [0.4, 0.5) is 0 Å². The van der Waals surface area contributed by atoms with Gasteiger partial charge < -0.3 is 0 Å². The lowest BCUT2D eigenvalue weighted by molar-refractivity contribution is 0.0460. The summed E-state index contributed by atoms with van der Waals surface area (Å²) in [6, 6.07) is 0.150. The number of rotatable bonds is 7. The Hall–Kier alpha value is -0.0800. The second-order valence-corrected chi connectivity index (χ2v) is 3.22. The van der Waals surface area contributed by atoms with E-state index >= 15 is 0 Å². The van der Waals surface area contributed by atoms with E-state index in [0.29, 0.717) is 0 Å². The zero-order valence-corrected chi connectivity index (χ0v) is 7.73. The Kier molecular flexibility index (Phi) is 7.96. The van der Waals surface area contributed by atoms with Crippen LogP contribution in [0.2, 0.25) is 0 Å². The van der Waals surface area contributed by atoms with Crippen molar-refractivity contribution in [2.24, 2.45) is 0 Å². The first-order valence-electron chi connectivity index (χ1n) is 4.69. The minimum absolute atomic E-state index is 0.150. The van der Waals surface area contributed by atoms with Crippen molar-refractivity contribution in [2.45, 2.75) is 58.4 Å². The Bertz CT molecular complexity index is 76.0. The van der Waals surface area contributed by atoms with E-state index in [1.807, 2.05) is 12.4 Å². The lowest BCUT2D eigenvalue weighted by atomic mass is 10.1. The molecule has 0 amide bonds. The van der Waals surface area contributed by atoms with Crippen molar-refractivity contribution >= 4 is 0 Å². The van der Waals surface area contributed by atoms with Gasteiger partial charge in [-0.1, -0.05) is 39.0 Å². The van der Waals surface area contributed by atoms with Gasteiger partial charge in [-0.05, 0) is 13.3 Å². The maximum atomic E-state index is 10.1.